The number of rotatable bonds is 9. The second-order valence-electron chi connectivity index (χ2n) is 7.59. The normalized spacial score (nSPS) is 11.7. The highest BCUT2D eigenvalue weighted by Gasteiger charge is 2.21. The minimum Gasteiger partial charge on any atom is -0.494 e. The van der Waals surface area contributed by atoms with Crippen molar-refractivity contribution in [3.05, 3.63) is 83.4 Å². The Balaban J connectivity index is 1.90. The van der Waals surface area contributed by atoms with Crippen LogP contribution in [0.1, 0.15) is 30.5 Å². The molecule has 0 saturated carbocycles. The van der Waals surface area contributed by atoms with Gasteiger partial charge in [0.2, 0.25) is 0 Å². The standard InChI is InChI=1S/C27H29N3O3/c1-3-32-23-16-21-22(17-24(23)33-4-2)30-27(31)25(21)26(19-8-6-5-7-9-19)29-20-12-10-18(11-13-20)14-15-28/h5-13,16-17,30-31H,3-4,14-15,28H2,1-2H3. The Bertz CT molecular complexity index is 1250. The van der Waals surface area contributed by atoms with Crippen LogP contribution in [0.3, 0.4) is 0 Å². The second-order valence-corrected chi connectivity index (χ2v) is 7.59. The Morgan fingerprint density at radius 2 is 1.61 bits per heavy atom. The molecule has 0 aliphatic heterocycles. The summed E-state index contributed by atoms with van der Waals surface area (Å²) in [6.45, 7) is 5.48. The van der Waals surface area contributed by atoms with E-state index in [9.17, 15) is 5.11 Å². The van der Waals surface area contributed by atoms with Gasteiger partial charge in [-0.3, -0.25) is 0 Å². The van der Waals surface area contributed by atoms with E-state index in [0.29, 0.717) is 42.5 Å². The van der Waals surface area contributed by atoms with E-state index >= 15 is 0 Å². The van der Waals surface area contributed by atoms with Crippen LogP contribution in [0.25, 0.3) is 10.9 Å². The molecule has 0 atom stereocenters. The molecule has 6 heteroatoms. The number of aromatic nitrogens is 1. The number of benzene rings is 3. The summed E-state index contributed by atoms with van der Waals surface area (Å²) in [7, 11) is 0. The van der Waals surface area contributed by atoms with Crippen molar-refractivity contribution in [1.82, 2.24) is 4.98 Å². The maximum atomic E-state index is 11.0. The van der Waals surface area contributed by atoms with Crippen LogP contribution in [0, 0.1) is 0 Å². The lowest BCUT2D eigenvalue weighted by Gasteiger charge is -2.12. The summed E-state index contributed by atoms with van der Waals surface area (Å²) >= 11 is 0. The van der Waals surface area contributed by atoms with Crippen molar-refractivity contribution in [2.75, 3.05) is 19.8 Å². The first-order valence-electron chi connectivity index (χ1n) is 11.2. The van der Waals surface area contributed by atoms with E-state index in [2.05, 4.69) is 4.98 Å². The van der Waals surface area contributed by atoms with Crippen LogP contribution in [-0.2, 0) is 6.42 Å². The fourth-order valence-electron chi connectivity index (χ4n) is 3.86. The monoisotopic (exact) mass is 443 g/mol. The van der Waals surface area contributed by atoms with Gasteiger partial charge < -0.3 is 25.3 Å². The molecule has 1 aromatic heterocycles. The average molecular weight is 444 g/mol. The van der Waals surface area contributed by atoms with Gasteiger partial charge >= 0.3 is 0 Å². The van der Waals surface area contributed by atoms with Crippen molar-refractivity contribution in [2.45, 2.75) is 20.3 Å². The van der Waals surface area contributed by atoms with Crippen molar-refractivity contribution in [3.8, 4) is 17.4 Å². The van der Waals surface area contributed by atoms with E-state index in [4.69, 9.17) is 20.2 Å². The van der Waals surface area contributed by atoms with Gasteiger partial charge in [-0.25, -0.2) is 4.99 Å². The van der Waals surface area contributed by atoms with Gasteiger partial charge in [0.15, 0.2) is 17.4 Å². The molecule has 0 aliphatic carbocycles. The van der Waals surface area contributed by atoms with Gasteiger partial charge in [-0.05, 0) is 50.6 Å². The molecule has 0 fully saturated rings. The molecular formula is C27H29N3O3. The number of aliphatic imine (C=N–C) groups is 1. The number of hydrogen-bond acceptors (Lipinski definition) is 5. The van der Waals surface area contributed by atoms with Crippen LogP contribution in [0.15, 0.2) is 71.7 Å². The number of aromatic hydroxyl groups is 1. The fraction of sp³-hybridized carbons (Fsp3) is 0.222. The summed E-state index contributed by atoms with van der Waals surface area (Å²) < 4.78 is 11.6. The van der Waals surface area contributed by atoms with E-state index in [1.165, 1.54) is 0 Å². The summed E-state index contributed by atoms with van der Waals surface area (Å²) in [5.74, 6) is 1.31. The van der Waals surface area contributed by atoms with Crippen LogP contribution < -0.4 is 15.2 Å². The van der Waals surface area contributed by atoms with Gasteiger partial charge in [0.05, 0.1) is 35.7 Å². The molecular weight excluding hydrogens is 414 g/mol. The summed E-state index contributed by atoms with van der Waals surface area (Å²) in [4.78, 5) is 8.03. The van der Waals surface area contributed by atoms with Gasteiger partial charge in [-0.2, -0.15) is 0 Å². The Morgan fingerprint density at radius 3 is 2.24 bits per heavy atom. The van der Waals surface area contributed by atoms with Gasteiger partial charge in [-0.15, -0.1) is 0 Å². The minimum absolute atomic E-state index is 0.0449. The summed E-state index contributed by atoms with van der Waals surface area (Å²) in [5, 5.41) is 11.8. The van der Waals surface area contributed by atoms with Crippen molar-refractivity contribution in [1.29, 1.82) is 0 Å². The molecule has 0 aliphatic rings. The number of nitrogens with one attached hydrogen (secondary N) is 1. The summed E-state index contributed by atoms with van der Waals surface area (Å²) in [6, 6.07) is 21.6. The number of aromatic amines is 1. The summed E-state index contributed by atoms with van der Waals surface area (Å²) in [5.41, 5.74) is 10.6. The van der Waals surface area contributed by atoms with E-state index in [0.717, 1.165) is 34.1 Å². The molecule has 0 amide bonds. The quantitative estimate of drug-likeness (QED) is 0.304. The Kier molecular flexibility index (Phi) is 6.95. The number of ether oxygens (including phenoxy) is 2. The SMILES string of the molecule is CCOc1cc2[nH]c(O)c(C(=Nc3ccc(CCN)cc3)c3ccccc3)c2cc1OCC. The van der Waals surface area contributed by atoms with Crippen molar-refractivity contribution in [2.24, 2.45) is 10.7 Å². The van der Waals surface area contributed by atoms with E-state index < -0.39 is 0 Å². The molecule has 3 aromatic carbocycles. The molecule has 1 heterocycles. The zero-order chi connectivity index (χ0) is 23.2. The van der Waals surface area contributed by atoms with E-state index in [-0.39, 0.29) is 5.88 Å². The van der Waals surface area contributed by atoms with Crippen LogP contribution in [0.5, 0.6) is 17.4 Å². The van der Waals surface area contributed by atoms with E-state index in [1.54, 1.807) is 0 Å². The van der Waals surface area contributed by atoms with Crippen molar-refractivity contribution >= 4 is 22.3 Å². The summed E-state index contributed by atoms with van der Waals surface area (Å²) in [6.07, 6.45) is 0.821. The topological polar surface area (TPSA) is 92.9 Å². The number of hydrogen-bond donors (Lipinski definition) is 3. The third-order valence-electron chi connectivity index (χ3n) is 5.34. The second kappa shape index (κ2) is 10.2. The first-order chi connectivity index (χ1) is 16.1. The molecule has 0 saturated heterocycles. The largest absolute Gasteiger partial charge is 0.494 e. The molecule has 6 nitrogen and oxygen atoms in total. The lowest BCUT2D eigenvalue weighted by Crippen LogP contribution is -2.04. The Labute approximate surface area is 193 Å². The van der Waals surface area contributed by atoms with Crippen LogP contribution in [0.2, 0.25) is 0 Å². The lowest BCUT2D eigenvalue weighted by atomic mass is 10.0. The third-order valence-corrected chi connectivity index (χ3v) is 5.34. The minimum atomic E-state index is 0.0449. The Hall–Kier alpha value is -3.77. The van der Waals surface area contributed by atoms with Crippen molar-refractivity contribution in [3.63, 3.8) is 0 Å². The van der Waals surface area contributed by atoms with Gasteiger partial charge in [0.25, 0.3) is 0 Å². The maximum absolute atomic E-state index is 11.0. The average Bonchev–Trinajstić information content (AvgIpc) is 3.14. The van der Waals surface area contributed by atoms with Crippen LogP contribution >= 0.6 is 0 Å². The molecule has 0 bridgehead atoms. The number of nitrogens with zero attached hydrogens (tertiary/aromatic N) is 1. The highest BCUT2D eigenvalue weighted by Crippen LogP contribution is 2.38. The smallest absolute Gasteiger partial charge is 0.199 e. The molecule has 4 N–H and O–H groups in total. The molecule has 170 valence electrons. The van der Waals surface area contributed by atoms with Gasteiger partial charge in [0.1, 0.15) is 0 Å². The van der Waals surface area contributed by atoms with Gasteiger partial charge in [0, 0.05) is 17.0 Å². The third kappa shape index (κ3) is 4.86. The zero-order valence-corrected chi connectivity index (χ0v) is 19.0. The van der Waals surface area contributed by atoms with Crippen LogP contribution in [-0.4, -0.2) is 35.6 Å². The predicted octanol–water partition coefficient (Wildman–Crippen LogP) is 5.34. The first-order valence-corrected chi connectivity index (χ1v) is 11.2. The predicted molar refractivity (Wildman–Crippen MR) is 133 cm³/mol. The molecule has 0 radical (unpaired) electrons. The maximum Gasteiger partial charge on any atom is 0.199 e. The molecule has 33 heavy (non-hydrogen) atoms. The molecule has 0 unspecified atom stereocenters. The Morgan fingerprint density at radius 1 is 0.939 bits per heavy atom. The zero-order valence-electron chi connectivity index (χ0n) is 19.0. The molecule has 4 aromatic rings. The number of nitrogens with two attached hydrogens (primary N) is 1. The van der Waals surface area contributed by atoms with E-state index in [1.807, 2.05) is 80.6 Å². The highest BCUT2D eigenvalue weighted by atomic mass is 16.5. The lowest BCUT2D eigenvalue weighted by molar-refractivity contribution is 0.288. The number of H-pyrrole nitrogens is 1. The molecule has 0 spiro atoms. The highest BCUT2D eigenvalue weighted by molar-refractivity contribution is 6.22. The van der Waals surface area contributed by atoms with Gasteiger partial charge in [-0.1, -0.05) is 42.5 Å². The first kappa shape index (κ1) is 22.4. The number of fused-ring (bicyclic) bond motifs is 1. The van der Waals surface area contributed by atoms with Crippen molar-refractivity contribution < 1.29 is 14.6 Å². The van der Waals surface area contributed by atoms with Crippen LogP contribution in [0.4, 0.5) is 5.69 Å². The molecule has 4 rings (SSSR count). The fourth-order valence-corrected chi connectivity index (χ4v) is 3.86.